The van der Waals surface area contributed by atoms with Crippen molar-refractivity contribution >= 4 is 27.5 Å². The van der Waals surface area contributed by atoms with Crippen LogP contribution < -0.4 is 5.32 Å². The molecule has 1 fully saturated rings. The molecule has 0 saturated carbocycles. The molecule has 0 aromatic heterocycles. The van der Waals surface area contributed by atoms with Gasteiger partial charge in [0.15, 0.2) is 0 Å². The fourth-order valence-electron chi connectivity index (χ4n) is 3.24. The van der Waals surface area contributed by atoms with Crippen LogP contribution in [0.15, 0.2) is 53.0 Å². The molecule has 1 nitrogen and oxygen atoms in total. The Kier molecular flexibility index (Phi) is 4.99. The molecule has 3 rings (SSSR count). The van der Waals surface area contributed by atoms with E-state index < -0.39 is 0 Å². The number of rotatable bonds is 3. The zero-order chi connectivity index (χ0) is 14.7. The van der Waals surface area contributed by atoms with E-state index in [9.17, 15) is 0 Å². The lowest BCUT2D eigenvalue weighted by atomic mass is 9.78. The van der Waals surface area contributed by atoms with Gasteiger partial charge in [0.25, 0.3) is 0 Å². The second-order valence-corrected chi connectivity index (χ2v) is 6.98. The van der Waals surface area contributed by atoms with E-state index in [1.54, 1.807) is 0 Å². The first kappa shape index (κ1) is 15.1. The van der Waals surface area contributed by atoms with Crippen molar-refractivity contribution in [3.8, 4) is 0 Å². The first-order valence-electron chi connectivity index (χ1n) is 7.43. The minimum absolute atomic E-state index is 0.581. The average molecular weight is 365 g/mol. The van der Waals surface area contributed by atoms with Crippen LogP contribution in [0.1, 0.15) is 23.5 Å². The van der Waals surface area contributed by atoms with E-state index in [1.807, 2.05) is 0 Å². The quantitative estimate of drug-likeness (QED) is 0.804. The molecule has 1 aliphatic rings. The van der Waals surface area contributed by atoms with Crippen molar-refractivity contribution < 1.29 is 0 Å². The van der Waals surface area contributed by atoms with Gasteiger partial charge in [-0.15, -0.1) is 0 Å². The summed E-state index contributed by atoms with van der Waals surface area (Å²) in [6, 6.07) is 17.2. The molecule has 2 aromatic rings. The Morgan fingerprint density at radius 2 is 1.95 bits per heavy atom. The zero-order valence-electron chi connectivity index (χ0n) is 11.9. The van der Waals surface area contributed by atoms with Gasteiger partial charge in [0.05, 0.1) is 5.02 Å². The highest BCUT2D eigenvalue weighted by Crippen LogP contribution is 2.35. The summed E-state index contributed by atoms with van der Waals surface area (Å²) in [4.78, 5) is 0. The molecule has 21 heavy (non-hydrogen) atoms. The van der Waals surface area contributed by atoms with Gasteiger partial charge in [0.2, 0.25) is 0 Å². The molecule has 0 spiro atoms. The molecular weight excluding hydrogens is 346 g/mol. The molecule has 3 heteroatoms. The van der Waals surface area contributed by atoms with Crippen LogP contribution in [0.25, 0.3) is 0 Å². The van der Waals surface area contributed by atoms with E-state index in [0.29, 0.717) is 11.8 Å². The van der Waals surface area contributed by atoms with Crippen LogP contribution in [-0.2, 0) is 6.42 Å². The Morgan fingerprint density at radius 1 is 1.14 bits per heavy atom. The molecule has 1 N–H and O–H groups in total. The van der Waals surface area contributed by atoms with Crippen molar-refractivity contribution in [1.29, 1.82) is 0 Å². The van der Waals surface area contributed by atoms with Crippen molar-refractivity contribution in [3.63, 3.8) is 0 Å². The van der Waals surface area contributed by atoms with Gasteiger partial charge in [-0.05, 0) is 77.0 Å². The summed E-state index contributed by atoms with van der Waals surface area (Å²) in [7, 11) is 0. The third-order valence-electron chi connectivity index (χ3n) is 4.32. The number of piperidine rings is 1. The van der Waals surface area contributed by atoms with Crippen molar-refractivity contribution in [2.45, 2.75) is 18.8 Å². The van der Waals surface area contributed by atoms with Gasteiger partial charge in [-0.3, -0.25) is 0 Å². The highest BCUT2D eigenvalue weighted by Gasteiger charge is 2.26. The van der Waals surface area contributed by atoms with E-state index in [2.05, 4.69) is 69.8 Å². The van der Waals surface area contributed by atoms with Gasteiger partial charge in [-0.2, -0.15) is 0 Å². The number of benzene rings is 2. The van der Waals surface area contributed by atoms with Crippen LogP contribution in [0.5, 0.6) is 0 Å². The topological polar surface area (TPSA) is 12.0 Å². The zero-order valence-corrected chi connectivity index (χ0v) is 14.2. The largest absolute Gasteiger partial charge is 0.316 e. The van der Waals surface area contributed by atoms with Crippen LogP contribution in [0.2, 0.25) is 5.02 Å². The van der Waals surface area contributed by atoms with Gasteiger partial charge in [-0.25, -0.2) is 0 Å². The third-order valence-corrected chi connectivity index (χ3v) is 5.55. The average Bonchev–Trinajstić information content (AvgIpc) is 2.52. The van der Waals surface area contributed by atoms with Crippen molar-refractivity contribution in [3.05, 3.63) is 69.2 Å². The molecule has 1 aliphatic heterocycles. The van der Waals surface area contributed by atoms with Crippen LogP contribution in [0.3, 0.4) is 0 Å². The van der Waals surface area contributed by atoms with Crippen molar-refractivity contribution in [2.24, 2.45) is 5.92 Å². The lowest BCUT2D eigenvalue weighted by Gasteiger charge is -2.33. The maximum Gasteiger partial charge on any atom is 0.0550 e. The molecule has 1 saturated heterocycles. The third kappa shape index (κ3) is 3.68. The minimum Gasteiger partial charge on any atom is -0.316 e. The van der Waals surface area contributed by atoms with Crippen LogP contribution in [0, 0.1) is 5.92 Å². The number of halogens is 2. The Morgan fingerprint density at radius 3 is 2.71 bits per heavy atom. The van der Waals surface area contributed by atoms with E-state index >= 15 is 0 Å². The molecule has 2 unspecified atom stereocenters. The molecule has 0 bridgehead atoms. The molecule has 2 aromatic carbocycles. The summed E-state index contributed by atoms with van der Waals surface area (Å²) in [5, 5.41) is 4.35. The van der Waals surface area contributed by atoms with E-state index in [1.165, 1.54) is 17.5 Å². The van der Waals surface area contributed by atoms with Crippen LogP contribution in [-0.4, -0.2) is 13.1 Å². The predicted molar refractivity (Wildman–Crippen MR) is 93.0 cm³/mol. The first-order chi connectivity index (χ1) is 10.2. The smallest absolute Gasteiger partial charge is 0.0550 e. The summed E-state index contributed by atoms with van der Waals surface area (Å²) in [5.74, 6) is 1.20. The monoisotopic (exact) mass is 363 g/mol. The molecule has 1 heterocycles. The highest BCUT2D eigenvalue weighted by atomic mass is 79.9. The van der Waals surface area contributed by atoms with Gasteiger partial charge in [0.1, 0.15) is 0 Å². The summed E-state index contributed by atoms with van der Waals surface area (Å²) < 4.78 is 0.974. The summed E-state index contributed by atoms with van der Waals surface area (Å²) >= 11 is 9.76. The van der Waals surface area contributed by atoms with Crippen LogP contribution >= 0.6 is 27.5 Å². The maximum atomic E-state index is 6.28. The van der Waals surface area contributed by atoms with Gasteiger partial charge < -0.3 is 5.32 Å². The first-order valence-corrected chi connectivity index (χ1v) is 8.61. The van der Waals surface area contributed by atoms with Gasteiger partial charge in [-0.1, -0.05) is 48.0 Å². The number of hydrogen-bond donors (Lipinski definition) is 1. The second-order valence-electron chi connectivity index (χ2n) is 5.72. The molecule has 0 radical (unpaired) electrons. The SMILES string of the molecule is Clc1cc(C2CCNCC2Cc2ccccc2)ccc1Br. The molecule has 0 aliphatic carbocycles. The fourth-order valence-corrected chi connectivity index (χ4v) is 3.67. The van der Waals surface area contributed by atoms with Gasteiger partial charge in [0, 0.05) is 4.47 Å². The molecule has 2 atom stereocenters. The Labute approximate surface area is 139 Å². The fraction of sp³-hybridized carbons (Fsp3) is 0.333. The van der Waals surface area contributed by atoms with Crippen molar-refractivity contribution in [1.82, 2.24) is 5.32 Å². The summed E-state index contributed by atoms with van der Waals surface area (Å²) in [6.07, 6.45) is 2.29. The van der Waals surface area contributed by atoms with E-state index in [0.717, 1.165) is 29.0 Å². The van der Waals surface area contributed by atoms with E-state index in [-0.39, 0.29) is 0 Å². The summed E-state index contributed by atoms with van der Waals surface area (Å²) in [5.41, 5.74) is 2.78. The number of nitrogens with one attached hydrogen (secondary N) is 1. The van der Waals surface area contributed by atoms with Gasteiger partial charge >= 0.3 is 0 Å². The second kappa shape index (κ2) is 6.95. The van der Waals surface area contributed by atoms with E-state index in [4.69, 9.17) is 11.6 Å². The highest BCUT2D eigenvalue weighted by molar-refractivity contribution is 9.10. The van der Waals surface area contributed by atoms with Crippen LogP contribution in [0.4, 0.5) is 0 Å². The minimum atomic E-state index is 0.581. The Bertz CT molecular complexity index is 599. The van der Waals surface area contributed by atoms with Crippen molar-refractivity contribution in [2.75, 3.05) is 13.1 Å². The number of hydrogen-bond acceptors (Lipinski definition) is 1. The Hall–Kier alpha value is -0.830. The standard InChI is InChI=1S/C18H19BrClN/c19-17-7-6-14(11-18(17)20)16-8-9-21-12-15(16)10-13-4-2-1-3-5-13/h1-7,11,15-16,21H,8-10,12H2. The molecule has 110 valence electrons. The lowest BCUT2D eigenvalue weighted by molar-refractivity contribution is 0.324. The predicted octanol–water partition coefficient (Wildman–Crippen LogP) is 5.04. The molecule has 0 amide bonds. The lowest BCUT2D eigenvalue weighted by Crippen LogP contribution is -2.36. The maximum absolute atomic E-state index is 6.28. The Balaban J connectivity index is 1.82. The molecular formula is C18H19BrClN. The summed E-state index contributed by atoms with van der Waals surface area (Å²) in [6.45, 7) is 2.16. The normalized spacial score (nSPS) is 22.2.